The number of fused-ring (bicyclic) bond motifs is 1. The van der Waals surface area contributed by atoms with Gasteiger partial charge in [-0.05, 0) is 55.3 Å². The first-order chi connectivity index (χ1) is 17.5. The largest absolute Gasteiger partial charge is 0.441 e. The molecule has 2 aromatic carbocycles. The van der Waals surface area contributed by atoms with Gasteiger partial charge >= 0.3 is 0 Å². The molecule has 1 fully saturated rings. The lowest BCUT2D eigenvalue weighted by atomic mass is 10.0. The minimum Gasteiger partial charge on any atom is -0.441 e. The van der Waals surface area contributed by atoms with E-state index < -0.39 is 0 Å². The average molecular weight is 502 g/mol. The first-order valence-electron chi connectivity index (χ1n) is 11.6. The topological polar surface area (TPSA) is 84.2 Å². The second-order valence-electron chi connectivity index (χ2n) is 8.77. The van der Waals surface area contributed by atoms with Gasteiger partial charge in [-0.1, -0.05) is 30.3 Å². The van der Waals surface area contributed by atoms with Crippen LogP contribution in [0.1, 0.15) is 35.7 Å². The first kappa shape index (κ1) is 22.4. The second kappa shape index (κ2) is 9.16. The normalized spacial score (nSPS) is 17.6. The zero-order valence-electron chi connectivity index (χ0n) is 19.4. The number of hydrogen-bond donors (Lipinski definition) is 1. The number of anilines is 1. The van der Waals surface area contributed by atoms with Crippen LogP contribution in [0.5, 0.6) is 0 Å². The van der Waals surface area contributed by atoms with Crippen molar-refractivity contribution in [3.05, 3.63) is 95.1 Å². The number of rotatable bonds is 5. The van der Waals surface area contributed by atoms with Crippen LogP contribution in [0, 0.1) is 12.7 Å². The lowest BCUT2D eigenvalue weighted by Gasteiger charge is -2.26. The van der Waals surface area contributed by atoms with Crippen molar-refractivity contribution in [1.82, 2.24) is 20.3 Å². The maximum absolute atomic E-state index is 14.1. The van der Waals surface area contributed by atoms with E-state index in [1.165, 1.54) is 17.4 Å². The Balaban J connectivity index is 0.00000280. The number of amides is 1. The van der Waals surface area contributed by atoms with Gasteiger partial charge in [0.05, 0.1) is 11.6 Å². The Hall–Kier alpha value is -4.11. The van der Waals surface area contributed by atoms with Crippen LogP contribution >= 0.6 is 11.3 Å². The van der Waals surface area contributed by atoms with Crippen molar-refractivity contribution < 1.29 is 15.0 Å². The van der Waals surface area contributed by atoms with Gasteiger partial charge < -0.3 is 14.6 Å². The molecule has 0 radical (unpaired) electrons. The summed E-state index contributed by atoms with van der Waals surface area (Å²) in [4.78, 5) is 29.7. The standard InChI is InChI=1S/C27H22FN5O2S.H2/c1-16-24(32-26(35-16)17-6-3-2-4-7-17)25(34)30-20-13-22(18-8-5-9-19(28)12-18)33(14-20)23-11-10-21-27(31-23)36-15-29-21;/h2-12,15,20,22H,13-14H2,1H3,(H,30,34);1H/t20?,22-;/m1./s1. The van der Waals surface area contributed by atoms with E-state index in [2.05, 4.69) is 20.2 Å². The number of oxazole rings is 1. The third-order valence-electron chi connectivity index (χ3n) is 6.38. The number of benzene rings is 2. The van der Waals surface area contributed by atoms with Crippen LogP contribution in [0.4, 0.5) is 10.2 Å². The third kappa shape index (κ3) is 4.22. The number of pyridine rings is 1. The molecular formula is C27H24FN5O2S. The summed E-state index contributed by atoms with van der Waals surface area (Å²) in [6.45, 7) is 2.26. The summed E-state index contributed by atoms with van der Waals surface area (Å²) in [5.41, 5.74) is 4.51. The summed E-state index contributed by atoms with van der Waals surface area (Å²) in [6, 6.07) is 19.6. The number of aryl methyl sites for hydroxylation is 1. The van der Waals surface area contributed by atoms with E-state index >= 15 is 0 Å². The van der Waals surface area contributed by atoms with Crippen molar-refractivity contribution >= 4 is 33.4 Å². The molecule has 1 amide bonds. The Morgan fingerprint density at radius 3 is 2.83 bits per heavy atom. The molecule has 1 saturated heterocycles. The van der Waals surface area contributed by atoms with Crippen molar-refractivity contribution in [2.24, 2.45) is 0 Å². The van der Waals surface area contributed by atoms with Crippen molar-refractivity contribution in [2.75, 3.05) is 11.4 Å². The molecule has 1 unspecified atom stereocenters. The van der Waals surface area contributed by atoms with Crippen LogP contribution in [0.3, 0.4) is 0 Å². The number of nitrogens with one attached hydrogen (secondary N) is 1. The second-order valence-corrected chi connectivity index (χ2v) is 9.60. The van der Waals surface area contributed by atoms with E-state index in [4.69, 9.17) is 9.40 Å². The molecule has 182 valence electrons. The van der Waals surface area contributed by atoms with Gasteiger partial charge in [0.2, 0.25) is 5.89 Å². The molecule has 0 saturated carbocycles. The minimum absolute atomic E-state index is 0. The number of halogens is 1. The molecule has 1 aliphatic rings. The Bertz CT molecular complexity index is 1560. The van der Waals surface area contributed by atoms with Crippen LogP contribution in [-0.2, 0) is 0 Å². The van der Waals surface area contributed by atoms with E-state index in [-0.39, 0.29) is 30.9 Å². The summed E-state index contributed by atoms with van der Waals surface area (Å²) >= 11 is 1.47. The van der Waals surface area contributed by atoms with Crippen LogP contribution in [0.25, 0.3) is 21.8 Å². The van der Waals surface area contributed by atoms with Gasteiger partial charge in [0.15, 0.2) is 5.69 Å². The molecule has 9 heteroatoms. The highest BCUT2D eigenvalue weighted by Gasteiger charge is 2.36. The van der Waals surface area contributed by atoms with E-state index in [1.807, 2.05) is 48.5 Å². The fourth-order valence-corrected chi connectivity index (χ4v) is 5.34. The molecule has 0 spiro atoms. The van der Waals surface area contributed by atoms with Crippen LogP contribution in [-0.4, -0.2) is 33.4 Å². The number of thiazole rings is 1. The molecule has 4 heterocycles. The molecule has 2 atom stereocenters. The number of carbonyl (C=O) groups excluding carboxylic acids is 1. The quantitative estimate of drug-likeness (QED) is 0.328. The average Bonchev–Trinajstić information content (AvgIpc) is 3.62. The third-order valence-corrected chi connectivity index (χ3v) is 7.11. The minimum atomic E-state index is -0.297. The van der Waals surface area contributed by atoms with Gasteiger partial charge in [-0.3, -0.25) is 4.79 Å². The predicted octanol–water partition coefficient (Wildman–Crippen LogP) is 5.79. The molecular weight excluding hydrogens is 477 g/mol. The summed E-state index contributed by atoms with van der Waals surface area (Å²) in [5.74, 6) is 1.04. The Morgan fingerprint density at radius 2 is 2.00 bits per heavy atom. The summed E-state index contributed by atoms with van der Waals surface area (Å²) < 4.78 is 19.9. The number of hydrogen-bond acceptors (Lipinski definition) is 7. The molecule has 7 nitrogen and oxygen atoms in total. The summed E-state index contributed by atoms with van der Waals surface area (Å²) in [6.07, 6.45) is 0.597. The Kier molecular flexibility index (Phi) is 5.69. The van der Waals surface area contributed by atoms with E-state index in [1.54, 1.807) is 24.6 Å². The van der Waals surface area contributed by atoms with Crippen LogP contribution < -0.4 is 10.2 Å². The fourth-order valence-electron chi connectivity index (χ4n) is 4.69. The van der Waals surface area contributed by atoms with Crippen molar-refractivity contribution in [1.29, 1.82) is 0 Å². The Labute approximate surface area is 212 Å². The van der Waals surface area contributed by atoms with E-state index in [9.17, 15) is 9.18 Å². The summed E-state index contributed by atoms with van der Waals surface area (Å²) in [7, 11) is 0. The lowest BCUT2D eigenvalue weighted by molar-refractivity contribution is 0.0934. The summed E-state index contributed by atoms with van der Waals surface area (Å²) in [5, 5.41) is 3.11. The van der Waals surface area contributed by atoms with Gasteiger partial charge in [-0.2, -0.15) is 0 Å². The Morgan fingerprint density at radius 1 is 1.14 bits per heavy atom. The lowest BCUT2D eigenvalue weighted by Crippen LogP contribution is -2.37. The SMILES string of the molecule is Cc1oc(-c2ccccc2)nc1C(=O)NC1C[C@H](c2cccc(F)c2)N(c2ccc3ncsc3n2)C1.[HH]. The highest BCUT2D eigenvalue weighted by atomic mass is 32.1. The van der Waals surface area contributed by atoms with E-state index in [0.29, 0.717) is 24.6 Å². The van der Waals surface area contributed by atoms with Crippen molar-refractivity contribution in [3.63, 3.8) is 0 Å². The molecule has 3 aromatic heterocycles. The fraction of sp³-hybridized carbons (Fsp3) is 0.185. The van der Waals surface area contributed by atoms with Gasteiger partial charge in [0, 0.05) is 19.6 Å². The van der Waals surface area contributed by atoms with Crippen molar-refractivity contribution in [2.45, 2.75) is 25.4 Å². The monoisotopic (exact) mass is 501 g/mol. The van der Waals surface area contributed by atoms with Gasteiger partial charge in [-0.25, -0.2) is 19.3 Å². The van der Waals surface area contributed by atoms with Crippen LogP contribution in [0.2, 0.25) is 0 Å². The highest BCUT2D eigenvalue weighted by molar-refractivity contribution is 7.16. The molecule has 0 bridgehead atoms. The first-order valence-corrected chi connectivity index (χ1v) is 12.5. The molecule has 36 heavy (non-hydrogen) atoms. The number of nitrogens with zero attached hydrogens (tertiary/aromatic N) is 4. The van der Waals surface area contributed by atoms with Gasteiger partial charge in [0.1, 0.15) is 27.7 Å². The molecule has 6 rings (SSSR count). The van der Waals surface area contributed by atoms with E-state index in [0.717, 1.165) is 27.3 Å². The molecule has 1 N–H and O–H groups in total. The highest BCUT2D eigenvalue weighted by Crippen LogP contribution is 2.37. The van der Waals surface area contributed by atoms with Gasteiger partial charge in [0.25, 0.3) is 5.91 Å². The molecule has 1 aliphatic heterocycles. The molecule has 5 aromatic rings. The molecule has 0 aliphatic carbocycles. The zero-order chi connectivity index (χ0) is 24.6. The predicted molar refractivity (Wildman–Crippen MR) is 139 cm³/mol. The number of carbonyl (C=O) groups is 1. The maximum atomic E-state index is 14.1. The van der Waals surface area contributed by atoms with Crippen LogP contribution in [0.15, 0.2) is 76.7 Å². The van der Waals surface area contributed by atoms with Crippen molar-refractivity contribution in [3.8, 4) is 11.5 Å². The maximum Gasteiger partial charge on any atom is 0.273 e. The van der Waals surface area contributed by atoms with Gasteiger partial charge in [-0.15, -0.1) is 11.3 Å². The zero-order valence-corrected chi connectivity index (χ0v) is 20.2. The number of aromatic nitrogens is 3. The smallest absolute Gasteiger partial charge is 0.273 e.